The van der Waals surface area contributed by atoms with Crippen LogP contribution in [0.3, 0.4) is 0 Å². The van der Waals surface area contributed by atoms with Gasteiger partial charge in [-0.05, 0) is 52.2 Å². The fourth-order valence-electron chi connectivity index (χ4n) is 5.95. The molecule has 5 rings (SSSR count). The summed E-state index contributed by atoms with van der Waals surface area (Å²) < 4.78 is 22.3. The van der Waals surface area contributed by atoms with Gasteiger partial charge in [0.05, 0.1) is 12.6 Å². The molecule has 0 aliphatic carbocycles. The van der Waals surface area contributed by atoms with Gasteiger partial charge in [0.15, 0.2) is 0 Å². The van der Waals surface area contributed by atoms with Crippen LogP contribution in [0.1, 0.15) is 39.3 Å². The molecular formula is C39H42NO2PSi. The van der Waals surface area contributed by atoms with Crippen molar-refractivity contribution in [2.24, 2.45) is 0 Å². The van der Waals surface area contributed by atoms with E-state index in [1.54, 1.807) is 0 Å². The number of benzene rings is 5. The maximum Gasteiger partial charge on any atom is 0.261 e. The molecule has 3 nitrogen and oxygen atoms in total. The lowest BCUT2D eigenvalue weighted by Crippen LogP contribution is -2.66. The van der Waals surface area contributed by atoms with Crippen LogP contribution in [0.4, 0.5) is 0 Å². The predicted octanol–water partition coefficient (Wildman–Crippen LogP) is 7.77. The van der Waals surface area contributed by atoms with Crippen LogP contribution < -0.4 is 26.1 Å². The SMILES string of the molecule is C/C(=C/[C@@H](NP(=O)(c1ccccc1)c1ccccc1)c1ccccc1)CO[Si](c1ccccc1)(c1ccccc1)C(C)(C)C. The number of hydrogen-bond acceptors (Lipinski definition) is 2. The molecule has 1 N–H and O–H groups in total. The smallest absolute Gasteiger partial charge is 0.261 e. The monoisotopic (exact) mass is 615 g/mol. The molecule has 0 unspecified atom stereocenters. The highest BCUT2D eigenvalue weighted by Crippen LogP contribution is 2.42. The van der Waals surface area contributed by atoms with Crippen molar-refractivity contribution in [1.29, 1.82) is 0 Å². The van der Waals surface area contributed by atoms with E-state index in [-0.39, 0.29) is 11.1 Å². The van der Waals surface area contributed by atoms with E-state index in [1.165, 1.54) is 10.4 Å². The Morgan fingerprint density at radius 3 is 1.48 bits per heavy atom. The number of hydrogen-bond donors (Lipinski definition) is 1. The zero-order valence-electron chi connectivity index (χ0n) is 26.1. The lowest BCUT2D eigenvalue weighted by molar-refractivity contribution is 0.329. The van der Waals surface area contributed by atoms with Gasteiger partial charge in [0.25, 0.3) is 8.32 Å². The first-order valence-electron chi connectivity index (χ1n) is 15.2. The molecule has 0 bridgehead atoms. The van der Waals surface area contributed by atoms with E-state index in [0.717, 1.165) is 21.7 Å². The van der Waals surface area contributed by atoms with E-state index in [2.05, 4.69) is 112 Å². The second-order valence-electron chi connectivity index (χ2n) is 12.3. The second-order valence-corrected chi connectivity index (χ2v) is 19.1. The number of nitrogens with one attached hydrogen (secondary N) is 1. The average molecular weight is 616 g/mol. The quantitative estimate of drug-likeness (QED) is 0.0938. The molecule has 0 saturated carbocycles. The van der Waals surface area contributed by atoms with Crippen molar-refractivity contribution in [1.82, 2.24) is 5.09 Å². The van der Waals surface area contributed by atoms with Crippen LogP contribution >= 0.6 is 7.29 Å². The summed E-state index contributed by atoms with van der Waals surface area (Å²) in [5.74, 6) is 0. The topological polar surface area (TPSA) is 38.3 Å². The minimum absolute atomic E-state index is 0.122. The largest absolute Gasteiger partial charge is 0.403 e. The summed E-state index contributed by atoms with van der Waals surface area (Å²) in [6.45, 7) is 9.46. The summed E-state index contributed by atoms with van der Waals surface area (Å²) in [5, 5.41) is 7.58. The molecule has 44 heavy (non-hydrogen) atoms. The van der Waals surface area contributed by atoms with Crippen LogP contribution in [0, 0.1) is 0 Å². The van der Waals surface area contributed by atoms with Crippen LogP contribution in [0.2, 0.25) is 5.04 Å². The van der Waals surface area contributed by atoms with Crippen molar-refractivity contribution in [3.8, 4) is 0 Å². The van der Waals surface area contributed by atoms with Crippen molar-refractivity contribution in [2.45, 2.75) is 38.8 Å². The summed E-state index contributed by atoms with van der Waals surface area (Å²) >= 11 is 0. The minimum atomic E-state index is -3.20. The van der Waals surface area contributed by atoms with Crippen LogP contribution in [0.15, 0.2) is 163 Å². The molecule has 0 aliphatic rings. The molecule has 5 aromatic rings. The maximum absolute atomic E-state index is 15.0. The molecule has 0 amide bonds. The average Bonchev–Trinajstić information content (AvgIpc) is 3.06. The van der Waals surface area contributed by atoms with Crippen molar-refractivity contribution >= 4 is 36.6 Å². The first-order chi connectivity index (χ1) is 21.2. The van der Waals surface area contributed by atoms with E-state index in [4.69, 9.17) is 4.43 Å². The Bertz CT molecular complexity index is 1600. The first kappa shape index (κ1) is 31.6. The third-order valence-electron chi connectivity index (χ3n) is 8.10. The molecule has 1 atom stereocenters. The summed E-state index contributed by atoms with van der Waals surface area (Å²) in [7, 11) is -5.91. The molecular weight excluding hydrogens is 573 g/mol. The Hall–Kier alpha value is -3.79. The molecule has 0 aromatic heterocycles. The summed E-state index contributed by atoms with van der Waals surface area (Å²) in [5.41, 5.74) is 2.12. The fraction of sp³-hybridized carbons (Fsp3) is 0.179. The Labute approximate surface area is 264 Å². The molecule has 5 aromatic carbocycles. The zero-order valence-corrected chi connectivity index (χ0v) is 28.0. The molecule has 0 heterocycles. The third kappa shape index (κ3) is 6.80. The standard InChI is InChI=1S/C39H42NO2PSi/c1-32(31-42-44(39(2,3)4,36-26-16-8-17-27-36)37-28-18-9-19-29-37)30-38(33-20-10-5-11-21-33)40-43(41,34-22-12-6-13-23-34)35-24-14-7-15-25-35/h5-30,38H,31H2,1-4H3,(H,40,41)/b32-30-/t38-/m1/s1. The van der Waals surface area contributed by atoms with Crippen molar-refractivity contribution in [3.63, 3.8) is 0 Å². The van der Waals surface area contributed by atoms with Gasteiger partial charge in [0.1, 0.15) is 0 Å². The number of rotatable bonds is 11. The third-order valence-corrected chi connectivity index (χ3v) is 15.8. The minimum Gasteiger partial charge on any atom is -0.403 e. The van der Waals surface area contributed by atoms with Gasteiger partial charge in [-0.1, -0.05) is 160 Å². The van der Waals surface area contributed by atoms with Gasteiger partial charge in [-0.25, -0.2) is 5.09 Å². The summed E-state index contributed by atoms with van der Waals surface area (Å²) in [4.78, 5) is 0. The van der Waals surface area contributed by atoms with Crippen LogP contribution in [-0.2, 0) is 8.99 Å². The molecule has 0 aliphatic heterocycles. The normalized spacial score (nSPS) is 13.4. The van der Waals surface area contributed by atoms with Gasteiger partial charge < -0.3 is 4.43 Å². The Morgan fingerprint density at radius 2 is 1.07 bits per heavy atom. The van der Waals surface area contributed by atoms with Gasteiger partial charge in [-0.3, -0.25) is 4.57 Å². The van der Waals surface area contributed by atoms with Gasteiger partial charge in [0, 0.05) is 10.6 Å². The fourth-order valence-corrected chi connectivity index (χ4v) is 12.9. The highest BCUT2D eigenvalue weighted by Gasteiger charge is 2.50. The van der Waals surface area contributed by atoms with Gasteiger partial charge in [-0.15, -0.1) is 0 Å². The Balaban J connectivity index is 1.55. The van der Waals surface area contributed by atoms with Crippen molar-refractivity contribution in [2.75, 3.05) is 6.61 Å². The Kier molecular flexibility index (Phi) is 9.98. The summed E-state index contributed by atoms with van der Waals surface area (Å²) in [6, 6.07) is 50.9. The van der Waals surface area contributed by atoms with E-state index >= 15 is 4.57 Å². The van der Waals surface area contributed by atoms with E-state index in [0.29, 0.717) is 6.61 Å². The summed E-state index contributed by atoms with van der Waals surface area (Å²) in [6.07, 6.45) is 2.19. The van der Waals surface area contributed by atoms with Gasteiger partial charge in [0.2, 0.25) is 7.29 Å². The van der Waals surface area contributed by atoms with Crippen LogP contribution in [0.25, 0.3) is 0 Å². The van der Waals surface area contributed by atoms with Crippen molar-refractivity contribution < 1.29 is 8.99 Å². The zero-order chi connectivity index (χ0) is 31.0. The molecule has 0 saturated heterocycles. The molecule has 0 fully saturated rings. The lowest BCUT2D eigenvalue weighted by Gasteiger charge is -2.43. The first-order valence-corrected chi connectivity index (χ1v) is 18.8. The van der Waals surface area contributed by atoms with Crippen LogP contribution in [-0.4, -0.2) is 14.9 Å². The molecule has 0 spiro atoms. The van der Waals surface area contributed by atoms with Crippen molar-refractivity contribution in [3.05, 3.63) is 169 Å². The lowest BCUT2D eigenvalue weighted by atomic mass is 10.1. The van der Waals surface area contributed by atoms with E-state index in [9.17, 15) is 0 Å². The second kappa shape index (κ2) is 13.9. The van der Waals surface area contributed by atoms with Crippen LogP contribution in [0.5, 0.6) is 0 Å². The van der Waals surface area contributed by atoms with Gasteiger partial charge >= 0.3 is 0 Å². The highest BCUT2D eigenvalue weighted by atomic mass is 31.2. The highest BCUT2D eigenvalue weighted by molar-refractivity contribution is 7.76. The van der Waals surface area contributed by atoms with Gasteiger partial charge in [-0.2, -0.15) is 0 Å². The molecule has 5 heteroatoms. The predicted molar refractivity (Wildman–Crippen MR) is 189 cm³/mol. The van der Waals surface area contributed by atoms with E-state index in [1.807, 2.05) is 78.9 Å². The Morgan fingerprint density at radius 1 is 0.682 bits per heavy atom. The molecule has 0 radical (unpaired) electrons. The molecule has 224 valence electrons. The van der Waals surface area contributed by atoms with E-state index < -0.39 is 15.6 Å². The maximum atomic E-state index is 15.0.